The summed E-state index contributed by atoms with van der Waals surface area (Å²) in [4.78, 5) is 0. The van der Waals surface area contributed by atoms with E-state index in [9.17, 15) is 0 Å². The van der Waals surface area contributed by atoms with Crippen molar-refractivity contribution in [2.24, 2.45) is 0 Å². The van der Waals surface area contributed by atoms with Crippen LogP contribution in [0.4, 0.5) is 0 Å². The summed E-state index contributed by atoms with van der Waals surface area (Å²) in [5.41, 5.74) is 1.30. The van der Waals surface area contributed by atoms with Crippen LogP contribution >= 0.6 is 15.9 Å². The van der Waals surface area contributed by atoms with Gasteiger partial charge in [-0.05, 0) is 46.3 Å². The largest absolute Gasteiger partial charge is 0.489 e. The molecular weight excluding hydrogens is 240 g/mol. The number of rotatable bonds is 3. The van der Waals surface area contributed by atoms with E-state index in [2.05, 4.69) is 41.9 Å². The minimum Gasteiger partial charge on any atom is -0.489 e. The molecule has 1 aliphatic rings. The van der Waals surface area contributed by atoms with Crippen LogP contribution in [0.1, 0.15) is 38.2 Å². The summed E-state index contributed by atoms with van der Waals surface area (Å²) in [7, 11) is 0. The van der Waals surface area contributed by atoms with Gasteiger partial charge in [0.25, 0.3) is 0 Å². The lowest BCUT2D eigenvalue weighted by atomic mass is 10.0. The second-order valence-electron chi connectivity index (χ2n) is 4.13. The van der Waals surface area contributed by atoms with Crippen molar-refractivity contribution in [2.75, 3.05) is 0 Å². The minimum absolute atomic E-state index is 0.464. The molecule has 1 fully saturated rings. The molecule has 0 bridgehead atoms. The minimum atomic E-state index is 0.464. The van der Waals surface area contributed by atoms with Crippen LogP contribution in [0.5, 0.6) is 5.75 Å². The Morgan fingerprint density at radius 1 is 1.36 bits per heavy atom. The molecule has 14 heavy (non-hydrogen) atoms. The van der Waals surface area contributed by atoms with Crippen LogP contribution in [-0.2, 0) is 0 Å². The van der Waals surface area contributed by atoms with Crippen molar-refractivity contribution in [2.45, 2.75) is 38.7 Å². The van der Waals surface area contributed by atoms with Crippen LogP contribution in [0.15, 0.2) is 22.7 Å². The molecule has 1 aliphatic carbocycles. The van der Waals surface area contributed by atoms with Gasteiger partial charge in [0.05, 0.1) is 10.6 Å². The normalized spacial score (nSPS) is 16.0. The van der Waals surface area contributed by atoms with Gasteiger partial charge in [-0.2, -0.15) is 0 Å². The second-order valence-corrected chi connectivity index (χ2v) is 4.98. The van der Waals surface area contributed by atoms with E-state index >= 15 is 0 Å². The Morgan fingerprint density at radius 2 is 2.07 bits per heavy atom. The van der Waals surface area contributed by atoms with Crippen molar-refractivity contribution in [1.82, 2.24) is 0 Å². The lowest BCUT2D eigenvalue weighted by Gasteiger charge is -2.15. The average Bonchev–Trinajstić information content (AvgIpc) is 2.91. The summed E-state index contributed by atoms with van der Waals surface area (Å²) in [6.07, 6.45) is 2.88. The third-order valence-electron chi connectivity index (χ3n) is 2.43. The third kappa shape index (κ3) is 2.11. The molecule has 0 radical (unpaired) electrons. The SMILES string of the molecule is CC(C)c1cccc(Br)c1OC1CC1. The van der Waals surface area contributed by atoms with E-state index < -0.39 is 0 Å². The molecule has 1 aromatic rings. The van der Waals surface area contributed by atoms with Gasteiger partial charge < -0.3 is 4.74 Å². The van der Waals surface area contributed by atoms with Gasteiger partial charge in [-0.25, -0.2) is 0 Å². The lowest BCUT2D eigenvalue weighted by Crippen LogP contribution is -2.01. The van der Waals surface area contributed by atoms with Gasteiger partial charge in [0.2, 0.25) is 0 Å². The first-order valence-corrected chi connectivity index (χ1v) is 5.93. The number of hydrogen-bond acceptors (Lipinski definition) is 1. The van der Waals surface area contributed by atoms with Gasteiger partial charge in [-0.1, -0.05) is 26.0 Å². The monoisotopic (exact) mass is 254 g/mol. The molecule has 0 spiro atoms. The molecular formula is C12H15BrO. The summed E-state index contributed by atoms with van der Waals surface area (Å²) in [6.45, 7) is 4.39. The van der Waals surface area contributed by atoms with Gasteiger partial charge in [0.1, 0.15) is 5.75 Å². The molecule has 1 aromatic carbocycles. The van der Waals surface area contributed by atoms with Crippen molar-refractivity contribution in [3.63, 3.8) is 0 Å². The van der Waals surface area contributed by atoms with E-state index in [0.717, 1.165) is 10.2 Å². The maximum absolute atomic E-state index is 5.90. The second kappa shape index (κ2) is 3.93. The maximum Gasteiger partial charge on any atom is 0.137 e. The zero-order valence-corrected chi connectivity index (χ0v) is 10.2. The highest BCUT2D eigenvalue weighted by Crippen LogP contribution is 2.37. The molecule has 0 aromatic heterocycles. The van der Waals surface area contributed by atoms with E-state index in [1.807, 2.05) is 6.07 Å². The molecule has 2 heteroatoms. The van der Waals surface area contributed by atoms with Gasteiger partial charge in [-0.3, -0.25) is 0 Å². The highest BCUT2D eigenvalue weighted by Gasteiger charge is 2.25. The molecule has 76 valence electrons. The Kier molecular flexibility index (Phi) is 2.82. The first kappa shape index (κ1) is 10.0. The highest BCUT2D eigenvalue weighted by atomic mass is 79.9. The first-order chi connectivity index (χ1) is 6.68. The van der Waals surface area contributed by atoms with Gasteiger partial charge in [-0.15, -0.1) is 0 Å². The topological polar surface area (TPSA) is 9.23 Å². The van der Waals surface area contributed by atoms with Gasteiger partial charge in [0, 0.05) is 0 Å². The first-order valence-electron chi connectivity index (χ1n) is 5.13. The fourth-order valence-electron chi connectivity index (χ4n) is 1.46. The van der Waals surface area contributed by atoms with Crippen LogP contribution in [0, 0.1) is 0 Å². The molecule has 0 N–H and O–H groups in total. The smallest absolute Gasteiger partial charge is 0.137 e. The lowest BCUT2D eigenvalue weighted by molar-refractivity contribution is 0.297. The van der Waals surface area contributed by atoms with E-state index in [4.69, 9.17) is 4.74 Å². The number of halogens is 1. The molecule has 1 nitrogen and oxygen atoms in total. The summed E-state index contributed by atoms with van der Waals surface area (Å²) >= 11 is 3.55. The van der Waals surface area contributed by atoms with Crippen molar-refractivity contribution in [3.8, 4) is 5.75 Å². The van der Waals surface area contributed by atoms with Gasteiger partial charge in [0.15, 0.2) is 0 Å². The standard InChI is InChI=1S/C12H15BrO/c1-8(2)10-4-3-5-11(13)12(10)14-9-6-7-9/h3-5,8-9H,6-7H2,1-2H3. The Morgan fingerprint density at radius 3 is 2.64 bits per heavy atom. The van der Waals surface area contributed by atoms with E-state index in [0.29, 0.717) is 12.0 Å². The maximum atomic E-state index is 5.90. The van der Waals surface area contributed by atoms with Crippen LogP contribution in [0.25, 0.3) is 0 Å². The van der Waals surface area contributed by atoms with Gasteiger partial charge >= 0.3 is 0 Å². The molecule has 0 heterocycles. The summed E-state index contributed by atoms with van der Waals surface area (Å²) in [5.74, 6) is 1.56. The molecule has 0 aliphatic heterocycles. The number of hydrogen-bond donors (Lipinski definition) is 0. The van der Waals surface area contributed by atoms with Crippen LogP contribution in [0.2, 0.25) is 0 Å². The summed E-state index contributed by atoms with van der Waals surface area (Å²) < 4.78 is 6.98. The molecule has 0 saturated heterocycles. The van der Waals surface area contributed by atoms with Crippen molar-refractivity contribution >= 4 is 15.9 Å². The third-order valence-corrected chi connectivity index (χ3v) is 3.05. The Bertz CT molecular complexity index is 329. The van der Waals surface area contributed by atoms with Crippen molar-refractivity contribution < 1.29 is 4.74 Å². The summed E-state index contributed by atoms with van der Waals surface area (Å²) in [6, 6.07) is 6.26. The molecule has 0 atom stereocenters. The zero-order valence-electron chi connectivity index (χ0n) is 8.59. The van der Waals surface area contributed by atoms with Crippen molar-refractivity contribution in [3.05, 3.63) is 28.2 Å². The van der Waals surface area contributed by atoms with E-state index in [-0.39, 0.29) is 0 Å². The predicted molar refractivity (Wildman–Crippen MR) is 61.9 cm³/mol. The van der Waals surface area contributed by atoms with Crippen molar-refractivity contribution in [1.29, 1.82) is 0 Å². The van der Waals surface area contributed by atoms with E-state index in [1.165, 1.54) is 18.4 Å². The Balaban J connectivity index is 2.31. The van der Waals surface area contributed by atoms with Crippen LogP contribution in [-0.4, -0.2) is 6.10 Å². The predicted octanol–water partition coefficient (Wildman–Crippen LogP) is 4.11. The molecule has 2 rings (SSSR count). The number of benzene rings is 1. The Hall–Kier alpha value is -0.500. The van der Waals surface area contributed by atoms with Crippen LogP contribution < -0.4 is 4.74 Å². The fourth-order valence-corrected chi connectivity index (χ4v) is 1.93. The molecule has 1 saturated carbocycles. The molecule has 0 unspecified atom stereocenters. The molecule has 0 amide bonds. The zero-order chi connectivity index (χ0) is 10.1. The average molecular weight is 255 g/mol. The number of para-hydroxylation sites is 1. The highest BCUT2D eigenvalue weighted by molar-refractivity contribution is 9.10. The fraction of sp³-hybridized carbons (Fsp3) is 0.500. The Labute approximate surface area is 93.6 Å². The van der Waals surface area contributed by atoms with Crippen LogP contribution in [0.3, 0.4) is 0 Å². The van der Waals surface area contributed by atoms with E-state index in [1.54, 1.807) is 0 Å². The quantitative estimate of drug-likeness (QED) is 0.789. The summed E-state index contributed by atoms with van der Waals surface area (Å²) in [5, 5.41) is 0. The number of ether oxygens (including phenoxy) is 1.